The molecule has 1 amide bonds. The Morgan fingerprint density at radius 2 is 1.87 bits per heavy atom. The molecule has 0 N–H and O–H groups in total. The second kappa shape index (κ2) is 10.3. The van der Waals surface area contributed by atoms with Gasteiger partial charge in [-0.25, -0.2) is 0 Å². The van der Waals surface area contributed by atoms with Gasteiger partial charge in [0.25, 0.3) is 0 Å². The molecule has 2 heterocycles. The Bertz CT molecular complexity index is 807. The highest BCUT2D eigenvalue weighted by Gasteiger charge is 2.29. The molecular formula is C23H34N4OS2. The number of carbonyl (C=O) groups excluding carboxylic acids is 1. The fraction of sp³-hybridized carbons (Fsp3) is 0.696. The summed E-state index contributed by atoms with van der Waals surface area (Å²) in [4.78, 5) is 16.5. The third-order valence-electron chi connectivity index (χ3n) is 6.69. The van der Waals surface area contributed by atoms with Gasteiger partial charge in [0, 0.05) is 30.4 Å². The molecule has 7 heteroatoms. The first kappa shape index (κ1) is 21.9. The van der Waals surface area contributed by atoms with Gasteiger partial charge in [-0.15, -0.1) is 21.5 Å². The maximum Gasteiger partial charge on any atom is 0.235 e. The molecular weight excluding hydrogens is 412 g/mol. The summed E-state index contributed by atoms with van der Waals surface area (Å²) in [6.45, 7) is 2.03. The van der Waals surface area contributed by atoms with E-state index in [-0.39, 0.29) is 11.2 Å². The van der Waals surface area contributed by atoms with Crippen LogP contribution >= 0.6 is 23.1 Å². The van der Waals surface area contributed by atoms with Crippen molar-refractivity contribution in [3.05, 3.63) is 28.2 Å². The van der Waals surface area contributed by atoms with E-state index in [4.69, 9.17) is 0 Å². The maximum absolute atomic E-state index is 13.1. The maximum atomic E-state index is 13.1. The number of thioether (sulfide) groups is 1. The van der Waals surface area contributed by atoms with Crippen LogP contribution in [0.3, 0.4) is 0 Å². The molecule has 0 spiro atoms. The van der Waals surface area contributed by atoms with Crippen molar-refractivity contribution in [2.24, 2.45) is 0 Å². The summed E-state index contributed by atoms with van der Waals surface area (Å²) in [5.41, 5.74) is 0. The normalized spacial score (nSPS) is 19.7. The molecule has 0 saturated heterocycles. The molecule has 2 aromatic heterocycles. The molecule has 1 atom stereocenters. The molecule has 0 aromatic carbocycles. The zero-order chi connectivity index (χ0) is 20.9. The van der Waals surface area contributed by atoms with Gasteiger partial charge >= 0.3 is 0 Å². The number of amides is 1. The topological polar surface area (TPSA) is 51.0 Å². The van der Waals surface area contributed by atoms with E-state index in [2.05, 4.69) is 32.3 Å². The van der Waals surface area contributed by atoms with E-state index in [1.807, 2.05) is 18.9 Å². The van der Waals surface area contributed by atoms with Crippen molar-refractivity contribution in [2.75, 3.05) is 7.05 Å². The average molecular weight is 447 g/mol. The van der Waals surface area contributed by atoms with Gasteiger partial charge in [-0.3, -0.25) is 4.79 Å². The molecule has 4 rings (SSSR count). The highest BCUT2D eigenvalue weighted by molar-refractivity contribution is 8.00. The Balaban J connectivity index is 1.50. The van der Waals surface area contributed by atoms with Crippen LogP contribution in [0.2, 0.25) is 0 Å². The van der Waals surface area contributed by atoms with Crippen LogP contribution in [-0.4, -0.2) is 43.9 Å². The summed E-state index contributed by atoms with van der Waals surface area (Å²) < 4.78 is 2.37. The van der Waals surface area contributed by atoms with Crippen molar-refractivity contribution in [3.63, 3.8) is 0 Å². The molecule has 0 radical (unpaired) electrons. The van der Waals surface area contributed by atoms with E-state index < -0.39 is 0 Å². The minimum Gasteiger partial charge on any atom is -0.342 e. The number of nitrogens with zero attached hydrogens (tertiary/aromatic N) is 4. The van der Waals surface area contributed by atoms with Gasteiger partial charge in [-0.1, -0.05) is 56.4 Å². The SMILES string of the molecule is CC(Sc1nnc(Cc2cccs2)n1C1CCCCC1)C(=O)N(C)C1CCCCC1. The Kier molecular flexibility index (Phi) is 7.52. The second-order valence-corrected chi connectivity index (χ2v) is 11.2. The molecule has 2 fully saturated rings. The number of aromatic nitrogens is 3. The molecule has 5 nitrogen and oxygen atoms in total. The van der Waals surface area contributed by atoms with Crippen molar-refractivity contribution in [2.45, 2.75) is 100 Å². The third-order valence-corrected chi connectivity index (χ3v) is 8.61. The van der Waals surface area contributed by atoms with Crippen LogP contribution in [0.15, 0.2) is 22.7 Å². The second-order valence-electron chi connectivity index (χ2n) is 8.82. The van der Waals surface area contributed by atoms with E-state index in [9.17, 15) is 4.79 Å². The standard InChI is InChI=1S/C23H34N4OS2/c1-17(22(28)26(2)18-10-5-3-6-11-18)30-23-25-24-21(16-20-14-9-15-29-20)27(23)19-12-7-4-8-13-19/h9,14-15,17-19H,3-8,10-13,16H2,1-2H3. The molecule has 30 heavy (non-hydrogen) atoms. The number of thiophene rings is 1. The van der Waals surface area contributed by atoms with E-state index in [0.717, 1.165) is 30.2 Å². The van der Waals surface area contributed by atoms with Crippen molar-refractivity contribution >= 4 is 29.0 Å². The van der Waals surface area contributed by atoms with Gasteiger partial charge in [-0.05, 0) is 44.1 Å². The lowest BCUT2D eigenvalue weighted by atomic mass is 9.94. The number of rotatable bonds is 7. The fourth-order valence-electron chi connectivity index (χ4n) is 4.93. The zero-order valence-corrected chi connectivity index (χ0v) is 19.9. The molecule has 2 aliphatic carbocycles. The van der Waals surface area contributed by atoms with Gasteiger partial charge in [0.05, 0.1) is 5.25 Å². The quantitative estimate of drug-likeness (QED) is 0.511. The van der Waals surface area contributed by atoms with Crippen LogP contribution in [0.4, 0.5) is 0 Å². The Morgan fingerprint density at radius 3 is 2.53 bits per heavy atom. The highest BCUT2D eigenvalue weighted by atomic mass is 32.2. The molecule has 0 bridgehead atoms. The smallest absolute Gasteiger partial charge is 0.235 e. The van der Waals surface area contributed by atoms with Crippen LogP contribution in [0.5, 0.6) is 0 Å². The molecule has 164 valence electrons. The lowest BCUT2D eigenvalue weighted by Gasteiger charge is -2.33. The van der Waals surface area contributed by atoms with E-state index >= 15 is 0 Å². The fourth-order valence-corrected chi connectivity index (χ4v) is 6.67. The summed E-state index contributed by atoms with van der Waals surface area (Å²) in [5, 5.41) is 12.1. The lowest BCUT2D eigenvalue weighted by Crippen LogP contribution is -2.42. The minimum atomic E-state index is -0.141. The van der Waals surface area contributed by atoms with E-state index in [1.165, 1.54) is 56.2 Å². The summed E-state index contributed by atoms with van der Waals surface area (Å²) in [5.74, 6) is 1.28. The average Bonchev–Trinajstić information content (AvgIpc) is 3.44. The summed E-state index contributed by atoms with van der Waals surface area (Å²) in [7, 11) is 1.99. The lowest BCUT2D eigenvalue weighted by molar-refractivity contribution is -0.131. The summed E-state index contributed by atoms with van der Waals surface area (Å²) >= 11 is 3.37. The monoisotopic (exact) mass is 446 g/mol. The molecule has 2 aromatic rings. The first-order chi connectivity index (χ1) is 14.6. The van der Waals surface area contributed by atoms with Crippen LogP contribution < -0.4 is 0 Å². The number of hydrogen-bond acceptors (Lipinski definition) is 5. The predicted octanol–water partition coefficient (Wildman–Crippen LogP) is 5.71. The summed E-state index contributed by atoms with van der Waals surface area (Å²) in [6.07, 6.45) is 13.1. The van der Waals surface area contributed by atoms with Gasteiger partial charge in [0.2, 0.25) is 5.91 Å². The van der Waals surface area contributed by atoms with E-state index in [0.29, 0.717) is 12.1 Å². The van der Waals surface area contributed by atoms with Crippen molar-refractivity contribution in [1.29, 1.82) is 0 Å². The van der Waals surface area contributed by atoms with Gasteiger partial charge < -0.3 is 9.47 Å². The molecule has 2 aliphatic rings. The summed E-state index contributed by atoms with van der Waals surface area (Å²) in [6, 6.07) is 5.13. The number of carbonyl (C=O) groups is 1. The van der Waals surface area contributed by atoms with Gasteiger partial charge in [0.1, 0.15) is 5.82 Å². The van der Waals surface area contributed by atoms with Crippen molar-refractivity contribution in [3.8, 4) is 0 Å². The van der Waals surface area contributed by atoms with Crippen LogP contribution in [0.25, 0.3) is 0 Å². The molecule has 0 aliphatic heterocycles. The van der Waals surface area contributed by atoms with Gasteiger partial charge in [0.15, 0.2) is 5.16 Å². The Labute approximate surface area is 188 Å². The predicted molar refractivity (Wildman–Crippen MR) is 124 cm³/mol. The largest absolute Gasteiger partial charge is 0.342 e. The van der Waals surface area contributed by atoms with Gasteiger partial charge in [-0.2, -0.15) is 0 Å². The Hall–Kier alpha value is -1.34. The van der Waals surface area contributed by atoms with E-state index in [1.54, 1.807) is 23.1 Å². The Morgan fingerprint density at radius 1 is 1.17 bits per heavy atom. The van der Waals surface area contributed by atoms with Crippen LogP contribution in [-0.2, 0) is 11.2 Å². The minimum absolute atomic E-state index is 0.141. The highest BCUT2D eigenvalue weighted by Crippen LogP contribution is 2.35. The first-order valence-corrected chi connectivity index (χ1v) is 13.3. The molecule has 2 saturated carbocycles. The van der Waals surface area contributed by atoms with Crippen LogP contribution in [0, 0.1) is 0 Å². The zero-order valence-electron chi connectivity index (χ0n) is 18.3. The third kappa shape index (κ3) is 5.10. The van der Waals surface area contributed by atoms with Crippen molar-refractivity contribution < 1.29 is 4.79 Å². The number of hydrogen-bond donors (Lipinski definition) is 0. The van der Waals surface area contributed by atoms with Crippen LogP contribution in [0.1, 0.15) is 87.9 Å². The van der Waals surface area contributed by atoms with Crippen molar-refractivity contribution in [1.82, 2.24) is 19.7 Å². The molecule has 1 unspecified atom stereocenters. The first-order valence-electron chi connectivity index (χ1n) is 11.5.